The van der Waals surface area contributed by atoms with Gasteiger partial charge in [0.2, 0.25) is 0 Å². The first-order chi connectivity index (χ1) is 22.6. The topological polar surface area (TPSA) is 8.17 Å². The summed E-state index contributed by atoms with van der Waals surface area (Å²) >= 11 is 0. The highest BCUT2D eigenvalue weighted by atomic mass is 15.1. The molecule has 0 N–H and O–H groups in total. The minimum atomic E-state index is 1.03. The molecule has 4 aromatic carbocycles. The number of hydrogen-bond donors (Lipinski definition) is 0. The average molecular weight is 589 g/mol. The zero-order chi connectivity index (χ0) is 31.0. The SMILES string of the molecule is CN1C2=C=C(C=C(C=CC3=C=CC=C(c4ccc(C=Cc5ccc6c(c5)c5ccccc5n6C)cc4)C=C3)C=C2)c2ccccc21. The van der Waals surface area contributed by atoms with Gasteiger partial charge in [-0.2, -0.15) is 0 Å². The second kappa shape index (κ2) is 11.5. The lowest BCUT2D eigenvalue weighted by Gasteiger charge is -2.25. The van der Waals surface area contributed by atoms with E-state index in [1.165, 1.54) is 49.7 Å². The minimum Gasteiger partial charge on any atom is -0.344 e. The fourth-order valence-corrected chi connectivity index (χ4v) is 6.44. The number of rotatable bonds is 5. The molecule has 2 heteroatoms. The van der Waals surface area contributed by atoms with Crippen LogP contribution >= 0.6 is 0 Å². The second-order valence-electron chi connectivity index (χ2n) is 11.8. The van der Waals surface area contributed by atoms with Gasteiger partial charge in [0.05, 0.1) is 5.70 Å². The molecule has 0 saturated heterocycles. The van der Waals surface area contributed by atoms with E-state index in [1.807, 2.05) is 6.08 Å². The average Bonchev–Trinajstić information content (AvgIpc) is 3.28. The van der Waals surface area contributed by atoms with Crippen molar-refractivity contribution in [3.8, 4) is 0 Å². The number of fused-ring (bicyclic) bond motifs is 5. The predicted molar refractivity (Wildman–Crippen MR) is 196 cm³/mol. The van der Waals surface area contributed by atoms with E-state index < -0.39 is 0 Å². The molecule has 0 saturated carbocycles. The molecule has 2 aliphatic carbocycles. The molecular weight excluding hydrogens is 556 g/mol. The molecule has 0 amide bonds. The standard InChI is InChI=1S/C44H32N2/c1-45-38-26-21-33(28-37(30-38)39-10-3-5-12-42(39)45)16-14-31-8-7-9-35(23-18-31)36-24-19-32(20-25-36)15-17-34-22-27-44-41(29-34)40-11-4-6-13-43(40)46(44)2/h3-7,9-29H,1-2H3. The fourth-order valence-electron chi connectivity index (χ4n) is 6.44. The van der Waals surface area contributed by atoms with Crippen molar-refractivity contribution in [2.24, 2.45) is 7.05 Å². The van der Waals surface area contributed by atoms with Crippen molar-refractivity contribution in [1.82, 2.24) is 4.57 Å². The molecule has 0 atom stereocenters. The van der Waals surface area contributed by atoms with Crippen LogP contribution in [-0.4, -0.2) is 11.6 Å². The number of anilines is 1. The second-order valence-corrected chi connectivity index (χ2v) is 11.8. The van der Waals surface area contributed by atoms with Crippen LogP contribution in [0.15, 0.2) is 174 Å². The van der Waals surface area contributed by atoms with Crippen LogP contribution in [0.5, 0.6) is 0 Å². The molecule has 8 rings (SSSR count). The van der Waals surface area contributed by atoms with Gasteiger partial charge in [0, 0.05) is 58.3 Å². The summed E-state index contributed by atoms with van der Waals surface area (Å²) in [6.07, 6.45) is 23.6. The summed E-state index contributed by atoms with van der Waals surface area (Å²) in [5.41, 5.74) is 21.0. The maximum atomic E-state index is 3.56. The number of para-hydroxylation sites is 2. The van der Waals surface area contributed by atoms with Crippen molar-refractivity contribution in [2.45, 2.75) is 0 Å². The van der Waals surface area contributed by atoms with Crippen molar-refractivity contribution >= 4 is 50.8 Å². The van der Waals surface area contributed by atoms with Gasteiger partial charge in [-0.05, 0) is 88.6 Å². The zero-order valence-electron chi connectivity index (χ0n) is 25.9. The maximum absolute atomic E-state index is 3.56. The van der Waals surface area contributed by atoms with Gasteiger partial charge in [-0.25, -0.2) is 0 Å². The number of nitrogens with zero attached hydrogens (tertiary/aromatic N) is 2. The quantitative estimate of drug-likeness (QED) is 0.146. The Morgan fingerprint density at radius 2 is 1.43 bits per heavy atom. The molecule has 218 valence electrons. The van der Waals surface area contributed by atoms with Gasteiger partial charge in [-0.1, -0.05) is 103 Å². The van der Waals surface area contributed by atoms with Crippen LogP contribution in [0.25, 0.3) is 45.1 Å². The lowest BCUT2D eigenvalue weighted by molar-refractivity contribution is 1.01. The van der Waals surface area contributed by atoms with Crippen LogP contribution in [0.4, 0.5) is 5.69 Å². The summed E-state index contributed by atoms with van der Waals surface area (Å²) in [6.45, 7) is 0. The number of aromatic nitrogens is 1. The Morgan fingerprint density at radius 1 is 0.652 bits per heavy atom. The monoisotopic (exact) mass is 588 g/mol. The summed E-state index contributed by atoms with van der Waals surface area (Å²) < 4.78 is 2.27. The number of aryl methyl sites for hydroxylation is 1. The number of allylic oxidation sites excluding steroid dienone is 11. The van der Waals surface area contributed by atoms with Crippen LogP contribution in [-0.2, 0) is 7.05 Å². The van der Waals surface area contributed by atoms with E-state index in [0.717, 1.165) is 28.0 Å². The first-order valence-corrected chi connectivity index (χ1v) is 15.6. The molecule has 0 radical (unpaired) electrons. The highest BCUT2D eigenvalue weighted by molar-refractivity contribution is 6.08. The highest BCUT2D eigenvalue weighted by Gasteiger charge is 2.18. The van der Waals surface area contributed by atoms with Gasteiger partial charge < -0.3 is 9.47 Å². The number of benzene rings is 4. The maximum Gasteiger partial charge on any atom is 0.0848 e. The lowest BCUT2D eigenvalue weighted by Crippen LogP contribution is -2.17. The molecule has 1 aromatic heterocycles. The first-order valence-electron chi connectivity index (χ1n) is 15.6. The Labute approximate surface area is 269 Å². The summed E-state index contributed by atoms with van der Waals surface area (Å²) in [5, 5.41) is 2.58. The third-order valence-corrected chi connectivity index (χ3v) is 8.98. The first kappa shape index (κ1) is 27.5. The Balaban J connectivity index is 0.955. The van der Waals surface area contributed by atoms with E-state index in [1.54, 1.807) is 0 Å². The normalized spacial score (nSPS) is 15.5. The lowest BCUT2D eigenvalue weighted by atomic mass is 9.99. The van der Waals surface area contributed by atoms with Crippen molar-refractivity contribution in [3.63, 3.8) is 0 Å². The fraction of sp³-hybridized carbons (Fsp3) is 0.0455. The van der Waals surface area contributed by atoms with Gasteiger partial charge in [0.15, 0.2) is 0 Å². The molecule has 5 aromatic rings. The molecule has 0 spiro atoms. The van der Waals surface area contributed by atoms with Gasteiger partial charge in [-0.3, -0.25) is 0 Å². The molecule has 2 heterocycles. The van der Waals surface area contributed by atoms with Crippen molar-refractivity contribution in [2.75, 3.05) is 11.9 Å². The number of likely N-dealkylation sites (N-methyl/N-ethyl adjacent to an activating group) is 1. The van der Waals surface area contributed by atoms with Gasteiger partial charge in [0.1, 0.15) is 0 Å². The van der Waals surface area contributed by atoms with E-state index in [-0.39, 0.29) is 0 Å². The van der Waals surface area contributed by atoms with Crippen LogP contribution in [0.3, 0.4) is 0 Å². The van der Waals surface area contributed by atoms with Crippen LogP contribution < -0.4 is 4.90 Å². The summed E-state index contributed by atoms with van der Waals surface area (Å²) in [4.78, 5) is 2.19. The largest absolute Gasteiger partial charge is 0.344 e. The predicted octanol–water partition coefficient (Wildman–Crippen LogP) is 10.6. The molecule has 2 nitrogen and oxygen atoms in total. The van der Waals surface area contributed by atoms with Crippen LogP contribution in [0.2, 0.25) is 0 Å². The van der Waals surface area contributed by atoms with Crippen molar-refractivity contribution in [1.29, 1.82) is 0 Å². The Kier molecular flexibility index (Phi) is 6.86. The molecule has 1 aliphatic heterocycles. The smallest absolute Gasteiger partial charge is 0.0848 e. The zero-order valence-corrected chi connectivity index (χ0v) is 25.9. The molecule has 46 heavy (non-hydrogen) atoms. The number of hydrogen-bond acceptors (Lipinski definition) is 1. The van der Waals surface area contributed by atoms with Crippen molar-refractivity contribution < 1.29 is 0 Å². The van der Waals surface area contributed by atoms with Gasteiger partial charge in [-0.15, -0.1) is 5.73 Å². The van der Waals surface area contributed by atoms with Crippen LogP contribution in [0, 0.1) is 0 Å². The van der Waals surface area contributed by atoms with Gasteiger partial charge in [0.25, 0.3) is 0 Å². The minimum absolute atomic E-state index is 1.03. The Hall–Kier alpha value is -6.04. The Morgan fingerprint density at radius 3 is 2.35 bits per heavy atom. The summed E-state index contributed by atoms with van der Waals surface area (Å²) in [5.74, 6) is 0. The van der Waals surface area contributed by atoms with Crippen molar-refractivity contribution in [3.05, 3.63) is 196 Å². The summed E-state index contributed by atoms with van der Waals surface area (Å²) in [7, 11) is 4.23. The molecule has 3 aliphatic rings. The van der Waals surface area contributed by atoms with E-state index in [2.05, 4.69) is 187 Å². The summed E-state index contributed by atoms with van der Waals surface area (Å²) in [6, 6.07) is 32.5. The van der Waals surface area contributed by atoms with Gasteiger partial charge >= 0.3 is 0 Å². The van der Waals surface area contributed by atoms with Crippen LogP contribution in [0.1, 0.15) is 22.3 Å². The molecular formula is C44H32N2. The molecule has 2 bridgehead atoms. The van der Waals surface area contributed by atoms with E-state index in [0.29, 0.717) is 0 Å². The molecule has 0 unspecified atom stereocenters. The highest BCUT2D eigenvalue weighted by Crippen LogP contribution is 2.35. The third kappa shape index (κ3) is 5.09. The third-order valence-electron chi connectivity index (χ3n) is 8.98. The van der Waals surface area contributed by atoms with E-state index in [9.17, 15) is 0 Å². The van der Waals surface area contributed by atoms with E-state index >= 15 is 0 Å². The Bertz CT molecular complexity index is 2380. The van der Waals surface area contributed by atoms with E-state index in [4.69, 9.17) is 0 Å². The molecule has 0 fully saturated rings.